The van der Waals surface area contributed by atoms with Crippen molar-refractivity contribution >= 4 is 15.9 Å². The molecule has 1 aromatic carbocycles. The average molecular weight is 288 g/mol. The fourth-order valence-electron chi connectivity index (χ4n) is 0.999. The van der Waals surface area contributed by atoms with Crippen LogP contribution in [0.25, 0.3) is 0 Å². The molecule has 0 unspecified atom stereocenters. The highest BCUT2D eigenvalue weighted by Gasteiger charge is 2.39. The fourth-order valence-corrected chi connectivity index (χ4v) is 1.45. The van der Waals surface area contributed by atoms with Crippen LogP contribution in [0.1, 0.15) is 11.6 Å². The molecule has 3 N–H and O–H groups in total. The van der Waals surface area contributed by atoms with E-state index in [9.17, 15) is 22.7 Å². The number of halogens is 5. The van der Waals surface area contributed by atoms with Crippen LogP contribution in [0.3, 0.4) is 0 Å². The third-order valence-corrected chi connectivity index (χ3v) is 2.35. The zero-order chi connectivity index (χ0) is 11.8. The molecule has 7 heteroatoms. The van der Waals surface area contributed by atoms with Crippen LogP contribution < -0.4 is 5.73 Å². The van der Waals surface area contributed by atoms with Gasteiger partial charge in [0.2, 0.25) is 0 Å². The third-order valence-electron chi connectivity index (χ3n) is 1.75. The molecule has 0 aliphatic rings. The molecule has 15 heavy (non-hydrogen) atoms. The maximum absolute atomic E-state index is 12.8. The van der Waals surface area contributed by atoms with Gasteiger partial charge in [-0.05, 0) is 28.1 Å². The van der Waals surface area contributed by atoms with E-state index in [1.807, 2.05) is 0 Å². The lowest BCUT2D eigenvalue weighted by atomic mass is 10.1. The first-order valence-electron chi connectivity index (χ1n) is 3.73. The summed E-state index contributed by atoms with van der Waals surface area (Å²) in [5.74, 6) is -1.62. The molecule has 1 rings (SSSR count). The van der Waals surface area contributed by atoms with E-state index in [-0.39, 0.29) is 4.47 Å². The van der Waals surface area contributed by atoms with Crippen molar-refractivity contribution in [3.8, 4) is 5.75 Å². The van der Waals surface area contributed by atoms with Gasteiger partial charge >= 0.3 is 6.18 Å². The molecule has 0 fully saturated rings. The molecule has 84 valence electrons. The van der Waals surface area contributed by atoms with Crippen molar-refractivity contribution in [3.05, 3.63) is 28.0 Å². The number of alkyl halides is 3. The Morgan fingerprint density at radius 3 is 2.33 bits per heavy atom. The monoisotopic (exact) mass is 287 g/mol. The second-order valence-corrected chi connectivity index (χ2v) is 3.70. The van der Waals surface area contributed by atoms with Gasteiger partial charge in [-0.15, -0.1) is 0 Å². The molecule has 0 amide bonds. The highest BCUT2D eigenvalue weighted by Crippen LogP contribution is 2.38. The molecule has 0 bridgehead atoms. The van der Waals surface area contributed by atoms with E-state index in [0.717, 1.165) is 6.07 Å². The largest absolute Gasteiger partial charge is 0.506 e. The van der Waals surface area contributed by atoms with Crippen molar-refractivity contribution in [1.82, 2.24) is 0 Å². The highest BCUT2D eigenvalue weighted by molar-refractivity contribution is 9.10. The van der Waals surface area contributed by atoms with Gasteiger partial charge in [-0.2, -0.15) is 13.2 Å². The molecule has 1 atom stereocenters. The van der Waals surface area contributed by atoms with Gasteiger partial charge in [-0.1, -0.05) is 0 Å². The van der Waals surface area contributed by atoms with Gasteiger partial charge in [0.05, 0.1) is 4.47 Å². The van der Waals surface area contributed by atoms with Gasteiger partial charge in [0.15, 0.2) is 0 Å². The Labute approximate surface area is 90.8 Å². The molecule has 0 heterocycles. The fraction of sp³-hybridized carbons (Fsp3) is 0.250. The Hall–Kier alpha value is -0.820. The minimum absolute atomic E-state index is 0.169. The number of hydrogen-bond acceptors (Lipinski definition) is 2. The lowest BCUT2D eigenvalue weighted by molar-refractivity contribution is -0.149. The minimum Gasteiger partial charge on any atom is -0.506 e. The summed E-state index contributed by atoms with van der Waals surface area (Å²) in [6, 6.07) is -1.01. The van der Waals surface area contributed by atoms with Crippen LogP contribution in [0, 0.1) is 5.82 Å². The van der Waals surface area contributed by atoms with Gasteiger partial charge in [0, 0.05) is 5.56 Å². The summed E-state index contributed by atoms with van der Waals surface area (Å²) in [5, 5.41) is 9.26. The van der Waals surface area contributed by atoms with Crippen molar-refractivity contribution < 1.29 is 22.7 Å². The number of nitrogens with two attached hydrogens (primary N) is 1. The Morgan fingerprint density at radius 1 is 1.33 bits per heavy atom. The lowest BCUT2D eigenvalue weighted by Gasteiger charge is -2.17. The van der Waals surface area contributed by atoms with Crippen molar-refractivity contribution in [3.63, 3.8) is 0 Å². The van der Waals surface area contributed by atoms with E-state index in [1.165, 1.54) is 0 Å². The van der Waals surface area contributed by atoms with E-state index in [4.69, 9.17) is 5.73 Å². The number of benzene rings is 1. The van der Waals surface area contributed by atoms with Crippen LogP contribution in [0.15, 0.2) is 16.6 Å². The van der Waals surface area contributed by atoms with Gasteiger partial charge in [-0.25, -0.2) is 4.39 Å². The van der Waals surface area contributed by atoms with Gasteiger partial charge in [0.1, 0.15) is 17.6 Å². The minimum atomic E-state index is -4.73. The maximum Gasteiger partial charge on any atom is 0.407 e. The third kappa shape index (κ3) is 2.60. The Morgan fingerprint density at radius 2 is 1.87 bits per heavy atom. The second kappa shape index (κ2) is 3.97. The predicted octanol–water partition coefficient (Wildman–Crippen LogP) is 2.86. The summed E-state index contributed by atoms with van der Waals surface area (Å²) in [6.45, 7) is 0. The summed E-state index contributed by atoms with van der Waals surface area (Å²) in [7, 11) is 0. The van der Waals surface area contributed by atoms with E-state index in [1.54, 1.807) is 0 Å². The number of aromatic hydroxyl groups is 1. The second-order valence-electron chi connectivity index (χ2n) is 2.84. The summed E-state index contributed by atoms with van der Waals surface area (Å²) < 4.78 is 49.2. The zero-order valence-electron chi connectivity index (χ0n) is 7.15. The number of rotatable bonds is 1. The Balaban J connectivity index is 3.25. The van der Waals surface area contributed by atoms with Gasteiger partial charge < -0.3 is 10.8 Å². The molecular formula is C8H6BrF4NO. The quantitative estimate of drug-likeness (QED) is 0.780. The molecule has 0 aromatic heterocycles. The van der Waals surface area contributed by atoms with Crippen LogP contribution in [-0.2, 0) is 0 Å². The van der Waals surface area contributed by atoms with Crippen molar-refractivity contribution in [1.29, 1.82) is 0 Å². The molecule has 0 saturated heterocycles. The lowest BCUT2D eigenvalue weighted by Crippen LogP contribution is -2.28. The van der Waals surface area contributed by atoms with E-state index in [2.05, 4.69) is 15.9 Å². The van der Waals surface area contributed by atoms with Crippen LogP contribution in [0.5, 0.6) is 5.75 Å². The first-order valence-corrected chi connectivity index (χ1v) is 4.53. The molecule has 2 nitrogen and oxygen atoms in total. The predicted molar refractivity (Wildman–Crippen MR) is 48.7 cm³/mol. The van der Waals surface area contributed by atoms with Crippen LogP contribution in [0.4, 0.5) is 17.6 Å². The average Bonchev–Trinajstić information content (AvgIpc) is 2.08. The van der Waals surface area contributed by atoms with E-state index >= 15 is 0 Å². The number of phenolic OH excluding ortho intramolecular Hbond substituents is 1. The zero-order valence-corrected chi connectivity index (χ0v) is 8.73. The molecule has 0 saturated carbocycles. The molecule has 0 aliphatic carbocycles. The van der Waals surface area contributed by atoms with Crippen LogP contribution in [0.2, 0.25) is 0 Å². The summed E-state index contributed by atoms with van der Waals surface area (Å²) >= 11 is 2.72. The van der Waals surface area contributed by atoms with Crippen LogP contribution in [-0.4, -0.2) is 11.3 Å². The topological polar surface area (TPSA) is 46.2 Å². The normalized spacial score (nSPS) is 14.0. The van der Waals surface area contributed by atoms with Crippen molar-refractivity contribution in [2.45, 2.75) is 12.2 Å². The highest BCUT2D eigenvalue weighted by atomic mass is 79.9. The smallest absolute Gasteiger partial charge is 0.407 e. The first-order chi connectivity index (χ1) is 6.73. The Bertz CT molecular complexity index is 380. The molecule has 0 spiro atoms. The van der Waals surface area contributed by atoms with E-state index < -0.39 is 29.3 Å². The molecule has 1 aromatic rings. The standard InChI is InChI=1S/C8H6BrF4NO/c9-5-2-3(10)1-4(6(5)15)7(14)8(11,12)13/h1-2,7,15H,14H2/t7-/m0/s1. The maximum atomic E-state index is 12.8. The first kappa shape index (κ1) is 12.3. The van der Waals surface area contributed by atoms with Gasteiger partial charge in [0.25, 0.3) is 0 Å². The summed E-state index contributed by atoms with van der Waals surface area (Å²) in [6.07, 6.45) is -4.73. The molecular weight excluding hydrogens is 282 g/mol. The van der Waals surface area contributed by atoms with E-state index in [0.29, 0.717) is 6.07 Å². The molecule has 0 radical (unpaired) electrons. The number of hydrogen-bond donors (Lipinski definition) is 2. The Kier molecular flexibility index (Phi) is 3.25. The summed E-state index contributed by atoms with van der Waals surface area (Å²) in [5.41, 5.74) is 4.14. The van der Waals surface area contributed by atoms with Crippen LogP contribution >= 0.6 is 15.9 Å². The number of phenols is 1. The van der Waals surface area contributed by atoms with Crippen molar-refractivity contribution in [2.24, 2.45) is 5.73 Å². The summed E-state index contributed by atoms with van der Waals surface area (Å²) in [4.78, 5) is 0. The molecule has 0 aliphatic heterocycles. The van der Waals surface area contributed by atoms with Crippen molar-refractivity contribution in [2.75, 3.05) is 0 Å². The van der Waals surface area contributed by atoms with Gasteiger partial charge in [-0.3, -0.25) is 0 Å². The SMILES string of the molecule is N[C@@H](c1cc(F)cc(Br)c1O)C(F)(F)F.